The summed E-state index contributed by atoms with van der Waals surface area (Å²) in [6.07, 6.45) is 14.2. The van der Waals surface area contributed by atoms with Gasteiger partial charge in [0.25, 0.3) is 0 Å². The van der Waals surface area contributed by atoms with Crippen LogP contribution in [-0.2, 0) is 9.47 Å². The molecule has 4 unspecified atom stereocenters. The van der Waals surface area contributed by atoms with Gasteiger partial charge in [0.2, 0.25) is 23.1 Å². The van der Waals surface area contributed by atoms with E-state index in [0.717, 1.165) is 22.3 Å². The Labute approximate surface area is 579 Å². The van der Waals surface area contributed by atoms with Gasteiger partial charge >= 0.3 is 0 Å². The fourth-order valence-corrected chi connectivity index (χ4v) is 11.2. The molecule has 10 rings (SSSR count). The molecule has 0 amide bonds. The molecule has 22 nitrogen and oxygen atoms in total. The Morgan fingerprint density at radius 2 is 0.460 bits per heavy atom. The van der Waals surface area contributed by atoms with Gasteiger partial charge in [0.1, 0.15) is 105 Å². The molecule has 0 radical (unpaired) electrons. The quantitative estimate of drug-likeness (QED) is 0.0450. The maximum Gasteiger partial charge on any atom is 0.239 e. The van der Waals surface area contributed by atoms with Crippen LogP contribution < -0.4 is 9.47 Å². The molecule has 18 N–H and O–H groups in total. The van der Waals surface area contributed by atoms with Gasteiger partial charge in [0, 0.05) is 48.9 Å². The van der Waals surface area contributed by atoms with Gasteiger partial charge in [-0.1, -0.05) is 125 Å². The zero-order chi connectivity index (χ0) is 74.2. The second-order valence-corrected chi connectivity index (χ2v) is 26.5. The molecule has 0 aliphatic carbocycles. The number of aliphatic hydroxyl groups is 8. The Bertz CT molecular complexity index is 3920. The Balaban J connectivity index is 0.000000196. The van der Waals surface area contributed by atoms with E-state index in [1.807, 2.05) is 12.2 Å². The summed E-state index contributed by atoms with van der Waals surface area (Å²) >= 11 is 0. The molecule has 8 aromatic rings. The monoisotopic (exact) mass is 1380 g/mol. The predicted molar refractivity (Wildman–Crippen MR) is 378 cm³/mol. The SMILES string of the molecule is CC1(Oc2cc(O)cc(/C=C/c3ccc(O)cc3)c2)OC(O)(CO)[C@@](C)(O)C(C)(C)[C@]1(C)O.CC1(Oc2cc(O)cc(/C=C\c3ccc(O)cc3)c2)OC(O)(CO)[C@@](C)(O)C(C)(C)[C@]1(C)O.Oc1ccc(/C=C/c2cc(O)cc(O)c2)cc1.Oc1ccc(/C=C\c2cc(O)cc(O)c2)cc1. The summed E-state index contributed by atoms with van der Waals surface area (Å²) in [7, 11) is 0. The van der Waals surface area contributed by atoms with E-state index in [-0.39, 0.29) is 69.0 Å². The number of hydrogen-bond acceptors (Lipinski definition) is 22. The lowest BCUT2D eigenvalue weighted by atomic mass is 9.57. The van der Waals surface area contributed by atoms with Crippen molar-refractivity contribution in [2.75, 3.05) is 13.2 Å². The number of hydrogen-bond donors (Lipinski definition) is 18. The minimum Gasteiger partial charge on any atom is -0.508 e. The van der Waals surface area contributed by atoms with E-state index in [0.29, 0.717) is 22.3 Å². The second-order valence-electron chi connectivity index (χ2n) is 26.5. The van der Waals surface area contributed by atoms with Crippen molar-refractivity contribution in [3.63, 3.8) is 0 Å². The van der Waals surface area contributed by atoms with Crippen LogP contribution in [0.3, 0.4) is 0 Å². The lowest BCUT2D eigenvalue weighted by Crippen LogP contribution is -2.82. The van der Waals surface area contributed by atoms with Crippen molar-refractivity contribution in [1.29, 1.82) is 0 Å². The maximum absolute atomic E-state index is 11.5. The van der Waals surface area contributed by atoms with Crippen LogP contribution in [0.2, 0.25) is 0 Å². The van der Waals surface area contributed by atoms with E-state index in [1.54, 1.807) is 170 Å². The van der Waals surface area contributed by atoms with Crippen molar-refractivity contribution in [3.05, 3.63) is 214 Å². The molecule has 0 aromatic heterocycles. The largest absolute Gasteiger partial charge is 0.508 e. The highest BCUT2D eigenvalue weighted by atomic mass is 16.8. The van der Waals surface area contributed by atoms with Crippen molar-refractivity contribution in [3.8, 4) is 69.0 Å². The average Bonchev–Trinajstić information content (AvgIpc) is 0.695. The van der Waals surface area contributed by atoms with Gasteiger partial charge in [-0.15, -0.1) is 0 Å². The minimum absolute atomic E-state index is 0.0235. The smallest absolute Gasteiger partial charge is 0.239 e. The molecule has 100 heavy (non-hydrogen) atoms. The van der Waals surface area contributed by atoms with E-state index in [4.69, 9.17) is 29.2 Å². The van der Waals surface area contributed by atoms with E-state index in [9.17, 15) is 81.7 Å². The number of phenolic OH excluding ortho intramolecular Hbond substituents is 10. The predicted octanol–water partition coefficient (Wildman–Crippen LogP) is 11.2. The summed E-state index contributed by atoms with van der Waals surface area (Å²) in [6, 6.07) is 44.2. The van der Waals surface area contributed by atoms with Crippen LogP contribution in [0.25, 0.3) is 48.6 Å². The molecule has 2 aliphatic rings. The number of phenols is 10. The van der Waals surface area contributed by atoms with E-state index >= 15 is 0 Å². The van der Waals surface area contributed by atoms with Crippen molar-refractivity contribution in [2.24, 2.45) is 10.8 Å². The molecule has 0 bridgehead atoms. The molecule has 22 heteroatoms. The van der Waals surface area contributed by atoms with Crippen LogP contribution >= 0.6 is 0 Å². The second kappa shape index (κ2) is 29.8. The Morgan fingerprint density at radius 1 is 0.260 bits per heavy atom. The first kappa shape index (κ1) is 77.3. The molecule has 0 saturated carbocycles. The van der Waals surface area contributed by atoms with Gasteiger partial charge in [-0.05, 0) is 169 Å². The van der Waals surface area contributed by atoms with Gasteiger partial charge in [0.05, 0.1) is 0 Å². The summed E-state index contributed by atoms with van der Waals surface area (Å²) in [5.74, 6) is -7.87. The average molecular weight is 1380 g/mol. The first-order valence-electron chi connectivity index (χ1n) is 31.4. The van der Waals surface area contributed by atoms with E-state index in [2.05, 4.69) is 0 Å². The lowest BCUT2D eigenvalue weighted by molar-refractivity contribution is -0.479. The molecule has 0 spiro atoms. The van der Waals surface area contributed by atoms with Crippen LogP contribution in [0, 0.1) is 10.8 Å². The summed E-state index contributed by atoms with van der Waals surface area (Å²) in [6.45, 7) is 12.4. The standard InChI is InChI=1S/2C25H32O8.2C14H12O3/c2*1-21(2)22(3,29)24(5,33-25(31,15-26)23(21,4)30)32-20-13-17(12-19(28)14-20)7-6-16-8-10-18(27)11-9-16;2*15-12-5-3-10(4-6-12)1-2-11-7-13(16)9-14(17)8-11/h2*6-14,26-31H,15H2,1-5H3;2*1-9,15-17H/b7-6+;7-6-;2-1+;2-1-/t2*22-,23-,24?,25?;;/m00../s1. The molecule has 8 atom stereocenters. The van der Waals surface area contributed by atoms with Crippen LogP contribution in [0.4, 0.5) is 0 Å². The first-order chi connectivity index (χ1) is 46.4. The summed E-state index contributed by atoms with van der Waals surface area (Å²) in [5.41, 5.74) is -4.61. The van der Waals surface area contributed by atoms with E-state index < -0.39 is 69.6 Å². The third kappa shape index (κ3) is 17.0. The number of ether oxygens (including phenoxy) is 4. The molecule has 2 aliphatic heterocycles. The Kier molecular flexibility index (Phi) is 23.0. The molecule has 2 fully saturated rings. The fraction of sp³-hybridized carbons (Fsp3) is 0.282. The van der Waals surface area contributed by atoms with Crippen LogP contribution in [0.1, 0.15) is 114 Å². The third-order valence-corrected chi connectivity index (χ3v) is 19.1. The van der Waals surface area contributed by atoms with Gasteiger partial charge in [-0.3, -0.25) is 0 Å². The molecule has 532 valence electrons. The van der Waals surface area contributed by atoms with Crippen LogP contribution in [0.15, 0.2) is 170 Å². The van der Waals surface area contributed by atoms with Crippen molar-refractivity contribution in [2.45, 2.75) is 115 Å². The van der Waals surface area contributed by atoms with Crippen LogP contribution in [-0.4, -0.2) is 151 Å². The van der Waals surface area contributed by atoms with Gasteiger partial charge in [0.15, 0.2) is 0 Å². The molecule has 2 saturated heterocycles. The summed E-state index contributed by atoms with van der Waals surface area (Å²) in [5, 5.41) is 181. The molecular formula is C78H88O22. The lowest BCUT2D eigenvalue weighted by Gasteiger charge is -2.64. The van der Waals surface area contributed by atoms with Gasteiger partial charge < -0.3 is 111 Å². The summed E-state index contributed by atoms with van der Waals surface area (Å²) < 4.78 is 23.3. The fourth-order valence-electron chi connectivity index (χ4n) is 11.2. The zero-order valence-electron chi connectivity index (χ0n) is 56.9. The Hall–Kier alpha value is -10.1. The molecule has 2 heterocycles. The normalized spacial score (nSPS) is 26.0. The highest BCUT2D eigenvalue weighted by molar-refractivity contribution is 5.74. The highest BCUT2D eigenvalue weighted by Crippen LogP contribution is 2.59. The topological polar surface area (TPSA) is 401 Å². The third-order valence-electron chi connectivity index (χ3n) is 19.1. The number of aliphatic hydroxyl groups excluding tert-OH is 2. The van der Waals surface area contributed by atoms with Crippen molar-refractivity contribution >= 4 is 48.6 Å². The summed E-state index contributed by atoms with van der Waals surface area (Å²) in [4.78, 5) is 0. The van der Waals surface area contributed by atoms with Crippen LogP contribution in [0.5, 0.6) is 69.0 Å². The molecule has 8 aromatic carbocycles. The van der Waals surface area contributed by atoms with Gasteiger partial charge in [-0.2, -0.15) is 0 Å². The van der Waals surface area contributed by atoms with Crippen molar-refractivity contribution in [1.82, 2.24) is 0 Å². The van der Waals surface area contributed by atoms with Crippen molar-refractivity contribution < 1.29 is 111 Å². The number of rotatable bonds is 14. The first-order valence-corrected chi connectivity index (χ1v) is 31.4. The number of benzene rings is 8. The minimum atomic E-state index is -2.44. The number of aromatic hydroxyl groups is 10. The highest BCUT2D eigenvalue weighted by Gasteiger charge is 2.76. The van der Waals surface area contributed by atoms with Gasteiger partial charge in [-0.25, -0.2) is 0 Å². The molecular weight excluding hydrogens is 1290 g/mol. The van der Waals surface area contributed by atoms with E-state index in [1.165, 1.54) is 106 Å². The maximum atomic E-state index is 11.5. The zero-order valence-corrected chi connectivity index (χ0v) is 56.9. The Morgan fingerprint density at radius 3 is 0.680 bits per heavy atom.